The van der Waals surface area contributed by atoms with Crippen LogP contribution >= 0.6 is 23.2 Å². The number of aromatic hydroxyl groups is 1. The molecule has 2 N–H and O–H groups in total. The first-order valence-electron chi connectivity index (χ1n) is 7.77. The second kappa shape index (κ2) is 7.02. The Morgan fingerprint density at radius 3 is 2.58 bits per heavy atom. The van der Waals surface area contributed by atoms with E-state index in [4.69, 9.17) is 27.6 Å². The summed E-state index contributed by atoms with van der Waals surface area (Å²) in [7, 11) is 0. The van der Waals surface area contributed by atoms with Crippen molar-refractivity contribution in [3.05, 3.63) is 67.5 Å². The molecular weight excluding hydrogens is 377 g/mol. The predicted molar refractivity (Wildman–Crippen MR) is 102 cm³/mol. The smallest absolute Gasteiger partial charge is 0.340 e. The van der Waals surface area contributed by atoms with Crippen LogP contribution in [0.5, 0.6) is 5.75 Å². The van der Waals surface area contributed by atoms with Crippen molar-refractivity contribution < 1.29 is 14.3 Å². The number of anilines is 1. The Balaban J connectivity index is 1.94. The highest BCUT2D eigenvalue weighted by molar-refractivity contribution is 6.36. The van der Waals surface area contributed by atoms with Gasteiger partial charge in [-0.05, 0) is 49.7 Å². The molecule has 0 fully saturated rings. The van der Waals surface area contributed by atoms with Crippen LogP contribution in [0.15, 0.2) is 39.5 Å². The minimum atomic E-state index is -0.610. The normalized spacial score (nSPS) is 10.9. The van der Waals surface area contributed by atoms with Gasteiger partial charge in [0.1, 0.15) is 11.3 Å². The molecule has 3 rings (SSSR count). The lowest BCUT2D eigenvalue weighted by atomic mass is 10.0. The molecule has 3 aromatic rings. The van der Waals surface area contributed by atoms with E-state index in [9.17, 15) is 14.7 Å². The maximum Gasteiger partial charge on any atom is 0.340 e. The molecule has 0 saturated heterocycles. The van der Waals surface area contributed by atoms with Crippen molar-refractivity contribution in [2.75, 3.05) is 5.32 Å². The summed E-state index contributed by atoms with van der Waals surface area (Å²) in [5.74, 6) is -0.359. The highest BCUT2D eigenvalue weighted by atomic mass is 35.5. The van der Waals surface area contributed by atoms with Crippen molar-refractivity contribution in [1.82, 2.24) is 0 Å². The fraction of sp³-hybridized carbons (Fsp3) is 0.158. The van der Waals surface area contributed by atoms with Crippen LogP contribution in [0.2, 0.25) is 10.0 Å². The van der Waals surface area contributed by atoms with Crippen LogP contribution in [0.4, 0.5) is 5.69 Å². The van der Waals surface area contributed by atoms with Crippen LogP contribution in [0, 0.1) is 13.8 Å². The monoisotopic (exact) mass is 391 g/mol. The van der Waals surface area contributed by atoms with Crippen LogP contribution < -0.4 is 10.9 Å². The van der Waals surface area contributed by atoms with Gasteiger partial charge in [-0.25, -0.2) is 4.79 Å². The summed E-state index contributed by atoms with van der Waals surface area (Å²) in [6.07, 6.45) is -0.164. The van der Waals surface area contributed by atoms with E-state index < -0.39 is 11.5 Å². The second-order valence-corrected chi connectivity index (χ2v) is 6.77. The zero-order valence-electron chi connectivity index (χ0n) is 14.0. The van der Waals surface area contributed by atoms with Gasteiger partial charge in [-0.15, -0.1) is 0 Å². The van der Waals surface area contributed by atoms with E-state index in [1.807, 2.05) is 0 Å². The minimum Gasteiger partial charge on any atom is -0.508 e. The highest BCUT2D eigenvalue weighted by Gasteiger charge is 2.17. The number of hydrogen-bond donors (Lipinski definition) is 2. The topological polar surface area (TPSA) is 79.5 Å². The lowest BCUT2D eigenvalue weighted by Crippen LogP contribution is -2.21. The molecule has 5 nitrogen and oxygen atoms in total. The number of halogens is 2. The molecule has 0 aliphatic carbocycles. The van der Waals surface area contributed by atoms with E-state index in [0.29, 0.717) is 37.8 Å². The molecule has 0 aliphatic rings. The first kappa shape index (κ1) is 18.3. The number of rotatable bonds is 3. The van der Waals surface area contributed by atoms with Crippen molar-refractivity contribution in [3.8, 4) is 5.75 Å². The molecule has 1 amide bonds. The molecule has 134 valence electrons. The number of carbonyl (C=O) groups excluding carboxylic acids is 1. The van der Waals surface area contributed by atoms with E-state index in [1.54, 1.807) is 32.0 Å². The van der Waals surface area contributed by atoms with Gasteiger partial charge in [0.2, 0.25) is 5.91 Å². The standard InChI is InChI=1S/C19H15Cl2NO4/c1-9-12-4-6-16(23)10(2)18(12)26-19(25)13(9)8-17(24)22-15-5-3-11(20)7-14(15)21/h3-7,23H,8H2,1-2H3,(H,22,24). The fourth-order valence-corrected chi connectivity index (χ4v) is 3.18. The molecule has 0 bridgehead atoms. The van der Waals surface area contributed by atoms with E-state index in [0.717, 1.165) is 0 Å². The second-order valence-electron chi connectivity index (χ2n) is 5.93. The van der Waals surface area contributed by atoms with Crippen molar-refractivity contribution in [3.63, 3.8) is 0 Å². The largest absolute Gasteiger partial charge is 0.508 e. The number of nitrogens with one attached hydrogen (secondary N) is 1. The van der Waals surface area contributed by atoms with E-state index in [-0.39, 0.29) is 17.7 Å². The molecule has 0 radical (unpaired) electrons. The summed E-state index contributed by atoms with van der Waals surface area (Å²) in [6.45, 7) is 3.41. The quantitative estimate of drug-likeness (QED) is 0.639. The Bertz CT molecular complexity index is 1090. The third-order valence-corrected chi connectivity index (χ3v) is 4.77. The number of fused-ring (bicyclic) bond motifs is 1. The molecule has 1 aromatic heterocycles. The van der Waals surface area contributed by atoms with Gasteiger partial charge in [0, 0.05) is 16.0 Å². The molecule has 1 heterocycles. The van der Waals surface area contributed by atoms with Crippen LogP contribution in [0.25, 0.3) is 11.0 Å². The highest BCUT2D eigenvalue weighted by Crippen LogP contribution is 2.29. The van der Waals surface area contributed by atoms with Crippen LogP contribution in [0.1, 0.15) is 16.7 Å². The molecule has 26 heavy (non-hydrogen) atoms. The van der Waals surface area contributed by atoms with Crippen LogP contribution in [0.3, 0.4) is 0 Å². The molecule has 0 saturated carbocycles. The Labute approximate surface area is 159 Å². The summed E-state index contributed by atoms with van der Waals surface area (Å²) >= 11 is 11.9. The summed E-state index contributed by atoms with van der Waals surface area (Å²) in [6, 6.07) is 7.90. The van der Waals surface area contributed by atoms with Gasteiger partial charge in [0.25, 0.3) is 0 Å². The van der Waals surface area contributed by atoms with Crippen molar-refractivity contribution >= 4 is 45.8 Å². The van der Waals surface area contributed by atoms with Gasteiger partial charge >= 0.3 is 5.63 Å². The van der Waals surface area contributed by atoms with Crippen molar-refractivity contribution in [2.45, 2.75) is 20.3 Å². The number of aryl methyl sites for hydroxylation is 2. The summed E-state index contributed by atoms with van der Waals surface area (Å²) in [4.78, 5) is 24.7. The molecule has 7 heteroatoms. The van der Waals surface area contributed by atoms with Gasteiger partial charge in [-0.3, -0.25) is 4.79 Å². The average Bonchev–Trinajstić information content (AvgIpc) is 2.58. The van der Waals surface area contributed by atoms with Crippen molar-refractivity contribution in [1.29, 1.82) is 0 Å². The SMILES string of the molecule is Cc1c(CC(=O)Nc2ccc(Cl)cc2Cl)c(=O)oc2c(C)c(O)ccc12. The van der Waals surface area contributed by atoms with Gasteiger partial charge in [0.15, 0.2) is 0 Å². The first-order chi connectivity index (χ1) is 12.3. The Morgan fingerprint density at radius 2 is 1.88 bits per heavy atom. The number of hydrogen-bond acceptors (Lipinski definition) is 4. The van der Waals surface area contributed by atoms with Gasteiger partial charge < -0.3 is 14.8 Å². The maximum atomic E-state index is 12.4. The Kier molecular flexibility index (Phi) is 4.94. The third-order valence-electron chi connectivity index (χ3n) is 4.22. The number of amides is 1. The molecule has 2 aromatic carbocycles. The zero-order valence-corrected chi connectivity index (χ0v) is 15.5. The summed E-state index contributed by atoms with van der Waals surface area (Å²) in [5, 5.41) is 13.9. The molecule has 0 aliphatic heterocycles. The minimum absolute atomic E-state index is 0.0444. The number of phenols is 1. The Hall–Kier alpha value is -2.50. The Morgan fingerprint density at radius 1 is 1.15 bits per heavy atom. The first-order valence-corrected chi connectivity index (χ1v) is 8.53. The number of phenolic OH excluding ortho intramolecular Hbond substituents is 1. The molecule has 0 unspecified atom stereocenters. The number of carbonyl (C=O) groups is 1. The lowest BCUT2D eigenvalue weighted by molar-refractivity contribution is -0.115. The van der Waals surface area contributed by atoms with Crippen molar-refractivity contribution in [2.24, 2.45) is 0 Å². The maximum absolute atomic E-state index is 12.4. The van der Waals surface area contributed by atoms with E-state index >= 15 is 0 Å². The van der Waals surface area contributed by atoms with Crippen LogP contribution in [-0.2, 0) is 11.2 Å². The van der Waals surface area contributed by atoms with Gasteiger partial charge in [0.05, 0.1) is 22.7 Å². The molecule has 0 atom stereocenters. The van der Waals surface area contributed by atoms with E-state index in [1.165, 1.54) is 12.1 Å². The van der Waals surface area contributed by atoms with Gasteiger partial charge in [-0.2, -0.15) is 0 Å². The predicted octanol–water partition coefficient (Wildman–Crippen LogP) is 4.60. The average molecular weight is 392 g/mol. The van der Waals surface area contributed by atoms with Gasteiger partial charge in [-0.1, -0.05) is 23.2 Å². The lowest BCUT2D eigenvalue weighted by Gasteiger charge is -2.11. The molecule has 0 spiro atoms. The third kappa shape index (κ3) is 3.41. The number of benzene rings is 2. The summed E-state index contributed by atoms with van der Waals surface area (Å²) in [5.41, 5.74) is 1.48. The van der Waals surface area contributed by atoms with Crippen LogP contribution in [-0.4, -0.2) is 11.0 Å². The van der Waals surface area contributed by atoms with E-state index in [2.05, 4.69) is 5.32 Å². The zero-order chi connectivity index (χ0) is 19.0. The molecular formula is C19H15Cl2NO4. The summed E-state index contributed by atoms with van der Waals surface area (Å²) < 4.78 is 5.34. The fourth-order valence-electron chi connectivity index (χ4n) is 2.73.